The molecular weight excluding hydrogens is 530 g/mol. The van der Waals surface area contributed by atoms with Gasteiger partial charge in [-0.2, -0.15) is 0 Å². The molecule has 0 radical (unpaired) electrons. The Morgan fingerprint density at radius 1 is 0.949 bits per heavy atom. The fraction of sp³-hybridized carbons (Fsp3) is 0.214. The van der Waals surface area contributed by atoms with Crippen LogP contribution < -0.4 is 5.32 Å². The number of hydrogen-bond acceptors (Lipinski definition) is 5. The van der Waals surface area contributed by atoms with Crippen molar-refractivity contribution in [3.8, 4) is 0 Å². The van der Waals surface area contributed by atoms with E-state index in [-0.39, 0.29) is 5.56 Å². The predicted molar refractivity (Wildman–Crippen MR) is 139 cm³/mol. The van der Waals surface area contributed by atoms with Crippen molar-refractivity contribution < 1.29 is 38.2 Å². The molecule has 3 aromatic rings. The number of aliphatic carboxylic acids is 2. The number of carbonyl (C=O) groups excluding carboxylic acids is 2. The van der Waals surface area contributed by atoms with Crippen LogP contribution >= 0.6 is 11.8 Å². The Kier molecular flexibility index (Phi) is 8.60. The van der Waals surface area contributed by atoms with Crippen LogP contribution in [0.1, 0.15) is 29.2 Å². The molecule has 3 atom stereocenters. The van der Waals surface area contributed by atoms with Crippen LogP contribution in [0.4, 0.5) is 14.5 Å². The van der Waals surface area contributed by atoms with E-state index in [2.05, 4.69) is 5.32 Å². The zero-order valence-electron chi connectivity index (χ0n) is 20.4. The second-order valence-corrected chi connectivity index (χ2v) is 10.1. The van der Waals surface area contributed by atoms with E-state index in [4.69, 9.17) is 0 Å². The first-order valence-electron chi connectivity index (χ1n) is 12.0. The summed E-state index contributed by atoms with van der Waals surface area (Å²) in [4.78, 5) is 53.0. The van der Waals surface area contributed by atoms with Crippen LogP contribution in [0, 0.1) is 11.6 Å². The van der Waals surface area contributed by atoms with Crippen molar-refractivity contribution in [2.45, 2.75) is 41.5 Å². The number of benzene rings is 3. The molecule has 4 rings (SSSR count). The summed E-state index contributed by atoms with van der Waals surface area (Å²) in [7, 11) is 0. The maximum absolute atomic E-state index is 13.9. The van der Waals surface area contributed by atoms with Gasteiger partial charge < -0.3 is 20.4 Å². The molecule has 0 saturated heterocycles. The Hall–Kier alpha value is -4.25. The van der Waals surface area contributed by atoms with Gasteiger partial charge in [-0.25, -0.2) is 13.6 Å². The predicted octanol–water partition coefficient (Wildman–Crippen LogP) is 4.51. The van der Waals surface area contributed by atoms with Crippen LogP contribution in [0.3, 0.4) is 0 Å². The molecule has 8 nitrogen and oxygen atoms in total. The number of halogens is 2. The summed E-state index contributed by atoms with van der Waals surface area (Å²) in [5.41, 5.74) is 1.02. The maximum atomic E-state index is 13.9. The van der Waals surface area contributed by atoms with Crippen molar-refractivity contribution in [2.24, 2.45) is 0 Å². The molecule has 1 heterocycles. The van der Waals surface area contributed by atoms with Gasteiger partial charge in [-0.15, -0.1) is 11.8 Å². The second kappa shape index (κ2) is 12.1. The lowest BCUT2D eigenvalue weighted by Gasteiger charge is -2.38. The molecule has 2 unspecified atom stereocenters. The molecule has 3 aromatic carbocycles. The Bertz CT molecular complexity index is 1380. The van der Waals surface area contributed by atoms with Gasteiger partial charge >= 0.3 is 11.9 Å². The molecule has 0 bridgehead atoms. The normalized spacial score (nSPS) is 17.3. The average molecular weight is 555 g/mol. The topological polar surface area (TPSA) is 124 Å². The van der Waals surface area contributed by atoms with Gasteiger partial charge in [0.25, 0.3) is 0 Å². The van der Waals surface area contributed by atoms with E-state index in [1.807, 2.05) is 0 Å². The van der Waals surface area contributed by atoms with Gasteiger partial charge in [0.05, 0.1) is 17.4 Å². The number of para-hydroxylation sites is 1. The number of carboxylic acid groups (broad SMARTS) is 2. The molecule has 0 aliphatic carbocycles. The smallest absolute Gasteiger partial charge is 0.326 e. The van der Waals surface area contributed by atoms with Crippen LogP contribution in [0.2, 0.25) is 0 Å². The van der Waals surface area contributed by atoms with Crippen LogP contribution in [-0.4, -0.2) is 50.9 Å². The van der Waals surface area contributed by atoms with Crippen molar-refractivity contribution in [3.63, 3.8) is 0 Å². The summed E-state index contributed by atoms with van der Waals surface area (Å²) < 4.78 is 27.8. The summed E-state index contributed by atoms with van der Waals surface area (Å²) >= 11 is 1.25. The van der Waals surface area contributed by atoms with Gasteiger partial charge in [-0.1, -0.05) is 42.5 Å². The van der Waals surface area contributed by atoms with Gasteiger partial charge in [0, 0.05) is 17.4 Å². The van der Waals surface area contributed by atoms with Crippen LogP contribution in [-0.2, 0) is 25.6 Å². The van der Waals surface area contributed by atoms with Gasteiger partial charge in [0.2, 0.25) is 11.8 Å². The number of carbonyl (C=O) groups is 4. The minimum absolute atomic E-state index is 0.0638. The lowest BCUT2D eigenvalue weighted by atomic mass is 9.97. The van der Waals surface area contributed by atoms with E-state index >= 15 is 0 Å². The van der Waals surface area contributed by atoms with E-state index in [1.54, 1.807) is 54.6 Å². The maximum Gasteiger partial charge on any atom is 0.326 e. The Labute approximate surface area is 226 Å². The van der Waals surface area contributed by atoms with Crippen molar-refractivity contribution in [1.29, 1.82) is 0 Å². The van der Waals surface area contributed by atoms with Crippen molar-refractivity contribution >= 4 is 41.2 Å². The third-order valence-electron chi connectivity index (χ3n) is 6.20. The highest BCUT2D eigenvalue weighted by Crippen LogP contribution is 2.46. The SMILES string of the molecule is O=C(O)CC[C@@H](C(=O)O)N(C(=O)Cc1cc(F)cc(F)c1)C1C(=O)Nc2ccccc2SC1c1ccccc1. The lowest BCUT2D eigenvalue weighted by Crippen LogP contribution is -2.57. The van der Waals surface area contributed by atoms with Crippen molar-refractivity contribution in [1.82, 2.24) is 4.90 Å². The first kappa shape index (κ1) is 27.8. The molecule has 1 aliphatic rings. The van der Waals surface area contributed by atoms with Crippen molar-refractivity contribution in [3.05, 3.63) is 95.6 Å². The number of nitrogens with zero attached hydrogens (tertiary/aromatic N) is 1. The quantitative estimate of drug-likeness (QED) is 0.356. The number of amides is 2. The lowest BCUT2D eigenvalue weighted by molar-refractivity contribution is -0.155. The monoisotopic (exact) mass is 554 g/mol. The Morgan fingerprint density at radius 3 is 2.23 bits per heavy atom. The summed E-state index contributed by atoms with van der Waals surface area (Å²) in [5.74, 6) is -6.23. The Morgan fingerprint density at radius 2 is 1.59 bits per heavy atom. The summed E-state index contributed by atoms with van der Waals surface area (Å²) in [6, 6.07) is 15.1. The molecule has 0 aromatic heterocycles. The molecule has 3 N–H and O–H groups in total. The zero-order chi connectivity index (χ0) is 28.1. The molecule has 0 fully saturated rings. The number of anilines is 1. The zero-order valence-corrected chi connectivity index (χ0v) is 21.2. The highest BCUT2D eigenvalue weighted by atomic mass is 32.2. The van der Waals surface area contributed by atoms with Crippen molar-refractivity contribution in [2.75, 3.05) is 5.32 Å². The molecule has 11 heteroatoms. The largest absolute Gasteiger partial charge is 0.481 e. The number of fused-ring (bicyclic) bond motifs is 1. The third kappa shape index (κ3) is 6.61. The van der Waals surface area contributed by atoms with E-state index in [0.29, 0.717) is 22.2 Å². The fourth-order valence-electron chi connectivity index (χ4n) is 4.53. The van der Waals surface area contributed by atoms with E-state index in [9.17, 15) is 38.2 Å². The average Bonchev–Trinajstić information content (AvgIpc) is 3.02. The minimum atomic E-state index is -1.71. The van der Waals surface area contributed by atoms with E-state index in [0.717, 1.165) is 17.0 Å². The number of carboxylic acids is 2. The van der Waals surface area contributed by atoms with Gasteiger partial charge in [0.15, 0.2) is 0 Å². The van der Waals surface area contributed by atoms with Crippen LogP contribution in [0.25, 0.3) is 0 Å². The molecule has 1 aliphatic heterocycles. The number of hydrogen-bond donors (Lipinski definition) is 3. The third-order valence-corrected chi connectivity index (χ3v) is 7.59. The first-order valence-corrected chi connectivity index (χ1v) is 12.8. The fourth-order valence-corrected chi connectivity index (χ4v) is 5.88. The van der Waals surface area contributed by atoms with E-state index in [1.165, 1.54) is 11.8 Å². The van der Waals surface area contributed by atoms with Crippen LogP contribution in [0.5, 0.6) is 0 Å². The number of nitrogens with one attached hydrogen (secondary N) is 1. The molecule has 202 valence electrons. The first-order chi connectivity index (χ1) is 18.6. The summed E-state index contributed by atoms with van der Waals surface area (Å²) in [6.45, 7) is 0. The highest BCUT2D eigenvalue weighted by molar-refractivity contribution is 7.99. The second-order valence-electron chi connectivity index (χ2n) is 8.92. The molecule has 2 amide bonds. The molecule has 0 saturated carbocycles. The number of thioether (sulfide) groups is 1. The molecule has 39 heavy (non-hydrogen) atoms. The summed E-state index contributed by atoms with van der Waals surface area (Å²) in [5, 5.41) is 21.4. The summed E-state index contributed by atoms with van der Waals surface area (Å²) in [6.07, 6.45) is -1.70. The number of rotatable bonds is 9. The Balaban J connectivity index is 1.85. The molecule has 0 spiro atoms. The van der Waals surface area contributed by atoms with Crippen LogP contribution in [0.15, 0.2) is 77.7 Å². The van der Waals surface area contributed by atoms with E-state index < -0.39 is 72.0 Å². The minimum Gasteiger partial charge on any atom is -0.481 e. The highest BCUT2D eigenvalue weighted by Gasteiger charge is 2.45. The standard InChI is InChI=1S/C28H24F2N2O6S/c29-18-12-16(13-19(30)15-18)14-23(33)32(21(28(37)38)10-11-24(34)35)25-26(17-6-2-1-3-7-17)39-22-9-5-4-8-20(22)31-27(25)36/h1-9,12-13,15,21,25-26H,10-11,14H2,(H,31,36)(H,34,35)(H,37,38)/t21-,25?,26?/m0/s1. The van der Waals surface area contributed by atoms with Gasteiger partial charge in [-0.05, 0) is 41.8 Å². The molecular formula is C28H24F2N2O6S. The van der Waals surface area contributed by atoms with Gasteiger partial charge in [0.1, 0.15) is 23.7 Å². The van der Waals surface area contributed by atoms with Gasteiger partial charge in [-0.3, -0.25) is 14.4 Å².